The second-order valence-electron chi connectivity index (χ2n) is 8.39. The highest BCUT2D eigenvalue weighted by atomic mass is 16.6. The van der Waals surface area contributed by atoms with E-state index in [0.29, 0.717) is 18.8 Å². The number of likely N-dealkylation sites (tertiary alicyclic amines) is 1. The van der Waals surface area contributed by atoms with E-state index in [0.717, 1.165) is 35.7 Å². The van der Waals surface area contributed by atoms with Crippen molar-refractivity contribution in [2.45, 2.75) is 45.1 Å². The first-order valence-electron chi connectivity index (χ1n) is 10.0. The van der Waals surface area contributed by atoms with E-state index < -0.39 is 11.6 Å². The maximum Gasteiger partial charge on any atom is 0.410 e. The van der Waals surface area contributed by atoms with Crippen molar-refractivity contribution in [1.82, 2.24) is 14.9 Å². The molecule has 1 aromatic heterocycles. The van der Waals surface area contributed by atoms with E-state index in [1.807, 2.05) is 45.0 Å². The number of hydrogen-bond donors (Lipinski definition) is 1. The summed E-state index contributed by atoms with van der Waals surface area (Å²) in [5.41, 5.74) is 2.66. The molecule has 0 bridgehead atoms. The van der Waals surface area contributed by atoms with E-state index in [1.54, 1.807) is 23.4 Å². The second kappa shape index (κ2) is 9.07. The van der Waals surface area contributed by atoms with Crippen LogP contribution in [0.1, 0.15) is 50.8 Å². The normalized spacial score (nSPS) is 17.2. The lowest BCUT2D eigenvalue weighted by atomic mass is 9.95. The lowest BCUT2D eigenvalue weighted by molar-refractivity contribution is -0.131. The number of ether oxygens (including phenoxy) is 1. The zero-order valence-corrected chi connectivity index (χ0v) is 17.5. The van der Waals surface area contributed by atoms with Crippen molar-refractivity contribution in [3.63, 3.8) is 0 Å². The fraction of sp³-hybridized carbons (Fsp3) is 0.391. The minimum absolute atomic E-state index is 0.0915. The van der Waals surface area contributed by atoms with Gasteiger partial charge in [0.1, 0.15) is 5.60 Å². The van der Waals surface area contributed by atoms with Gasteiger partial charge in [-0.05, 0) is 51.3 Å². The zero-order chi connectivity index (χ0) is 21.7. The number of carboxylic acid groups (broad SMARTS) is 1. The Hall–Kier alpha value is -3.22. The van der Waals surface area contributed by atoms with Crippen molar-refractivity contribution in [2.24, 2.45) is 0 Å². The van der Waals surface area contributed by atoms with Gasteiger partial charge in [0.2, 0.25) is 0 Å². The van der Waals surface area contributed by atoms with Crippen LogP contribution in [0.3, 0.4) is 0 Å². The molecule has 1 fully saturated rings. The highest BCUT2D eigenvalue weighted by molar-refractivity contribution is 5.85. The molecule has 0 saturated carbocycles. The Balaban J connectivity index is 1.78. The number of benzene rings is 1. The number of rotatable bonds is 4. The van der Waals surface area contributed by atoms with Gasteiger partial charge in [-0.1, -0.05) is 18.2 Å². The molecule has 3 rings (SSSR count). The molecule has 7 heteroatoms. The average molecular weight is 409 g/mol. The molecular formula is C23H27N3O4. The Morgan fingerprint density at radius 2 is 2.07 bits per heavy atom. The van der Waals surface area contributed by atoms with Crippen molar-refractivity contribution in [1.29, 1.82) is 0 Å². The van der Waals surface area contributed by atoms with Gasteiger partial charge in [0.05, 0.1) is 17.6 Å². The Labute approximate surface area is 176 Å². The predicted octanol–water partition coefficient (Wildman–Crippen LogP) is 4.36. The largest absolute Gasteiger partial charge is 0.478 e. The Morgan fingerprint density at radius 1 is 1.27 bits per heavy atom. The summed E-state index contributed by atoms with van der Waals surface area (Å²) in [5.74, 6) is -0.900. The number of carbonyl (C=O) groups excluding carboxylic acids is 1. The Morgan fingerprint density at radius 3 is 2.80 bits per heavy atom. The topological polar surface area (TPSA) is 92.6 Å². The molecule has 0 spiro atoms. The molecule has 2 aromatic rings. The average Bonchev–Trinajstić information content (AvgIpc) is 2.71. The molecule has 1 aromatic carbocycles. The standard InChI is InChI=1S/C23H27N3O4/c1-23(2,3)30-22(29)26-11-5-8-18(15-26)20-14-24-13-19(25-20)17-7-4-6-16(12-17)9-10-21(27)28/h4,6-7,9-10,12-14,18H,5,8,11,15H2,1-3H3,(H,27,28)/b10-9+. The van der Waals surface area contributed by atoms with Crippen LogP contribution in [0.2, 0.25) is 0 Å². The minimum atomic E-state index is -0.992. The molecule has 1 N–H and O–H groups in total. The van der Waals surface area contributed by atoms with Crippen LogP contribution in [0.5, 0.6) is 0 Å². The molecular weight excluding hydrogens is 382 g/mol. The number of aromatic nitrogens is 2. The lowest BCUT2D eigenvalue weighted by Crippen LogP contribution is -2.42. The van der Waals surface area contributed by atoms with Gasteiger partial charge in [-0.25, -0.2) is 14.6 Å². The number of aliphatic carboxylic acids is 1. The monoisotopic (exact) mass is 409 g/mol. The molecule has 1 saturated heterocycles. The third-order valence-corrected chi connectivity index (χ3v) is 4.75. The molecule has 2 heterocycles. The van der Waals surface area contributed by atoms with E-state index in [2.05, 4.69) is 4.98 Å². The van der Waals surface area contributed by atoms with Gasteiger partial charge in [-0.2, -0.15) is 0 Å². The van der Waals surface area contributed by atoms with E-state index in [4.69, 9.17) is 14.8 Å². The molecule has 0 aliphatic carbocycles. The summed E-state index contributed by atoms with van der Waals surface area (Å²) in [6.45, 7) is 6.81. The SMILES string of the molecule is CC(C)(C)OC(=O)N1CCCC(c2cncc(-c3cccc(/C=C/C(=O)O)c3)n2)C1. The molecule has 158 valence electrons. The van der Waals surface area contributed by atoms with Gasteiger partial charge < -0.3 is 14.7 Å². The van der Waals surface area contributed by atoms with Crippen molar-refractivity contribution >= 4 is 18.1 Å². The number of hydrogen-bond acceptors (Lipinski definition) is 5. The number of carbonyl (C=O) groups is 2. The molecule has 1 unspecified atom stereocenters. The highest BCUT2D eigenvalue weighted by Crippen LogP contribution is 2.28. The van der Waals surface area contributed by atoms with Crippen LogP contribution in [0.4, 0.5) is 4.79 Å². The molecule has 1 atom stereocenters. The van der Waals surface area contributed by atoms with E-state index in [-0.39, 0.29) is 12.0 Å². The lowest BCUT2D eigenvalue weighted by Gasteiger charge is -2.33. The van der Waals surface area contributed by atoms with Gasteiger partial charge in [-0.3, -0.25) is 4.98 Å². The minimum Gasteiger partial charge on any atom is -0.478 e. The quantitative estimate of drug-likeness (QED) is 0.755. The summed E-state index contributed by atoms with van der Waals surface area (Å²) >= 11 is 0. The number of nitrogens with zero attached hydrogens (tertiary/aromatic N) is 3. The molecule has 1 aliphatic heterocycles. The van der Waals surface area contributed by atoms with Gasteiger partial charge in [0.25, 0.3) is 0 Å². The molecule has 1 aliphatic rings. The first kappa shape index (κ1) is 21.5. The molecule has 30 heavy (non-hydrogen) atoms. The highest BCUT2D eigenvalue weighted by Gasteiger charge is 2.29. The van der Waals surface area contributed by atoms with Crippen molar-refractivity contribution in [3.05, 3.63) is 54.0 Å². The van der Waals surface area contributed by atoms with E-state index in [1.165, 1.54) is 0 Å². The fourth-order valence-electron chi connectivity index (χ4n) is 3.40. The zero-order valence-electron chi connectivity index (χ0n) is 17.5. The van der Waals surface area contributed by atoms with Gasteiger partial charge >= 0.3 is 12.1 Å². The van der Waals surface area contributed by atoms with Gasteiger partial charge in [0, 0.05) is 36.8 Å². The summed E-state index contributed by atoms with van der Waals surface area (Å²) in [6.07, 6.45) is 7.61. The first-order chi connectivity index (χ1) is 14.2. The van der Waals surface area contributed by atoms with Crippen LogP contribution in [0.15, 0.2) is 42.7 Å². The summed E-state index contributed by atoms with van der Waals surface area (Å²) in [4.78, 5) is 34.1. The molecule has 1 amide bonds. The Kier molecular flexibility index (Phi) is 6.50. The van der Waals surface area contributed by atoms with Crippen LogP contribution >= 0.6 is 0 Å². The summed E-state index contributed by atoms with van der Waals surface area (Å²) < 4.78 is 5.51. The van der Waals surface area contributed by atoms with Crippen molar-refractivity contribution in [2.75, 3.05) is 13.1 Å². The predicted molar refractivity (Wildman–Crippen MR) is 114 cm³/mol. The first-order valence-corrected chi connectivity index (χ1v) is 10.0. The Bertz CT molecular complexity index is 949. The van der Waals surface area contributed by atoms with E-state index >= 15 is 0 Å². The summed E-state index contributed by atoms with van der Waals surface area (Å²) in [5, 5.41) is 8.82. The van der Waals surface area contributed by atoms with Crippen molar-refractivity contribution < 1.29 is 19.4 Å². The van der Waals surface area contributed by atoms with Crippen LogP contribution in [-0.4, -0.2) is 50.7 Å². The van der Waals surface area contributed by atoms with Gasteiger partial charge in [-0.15, -0.1) is 0 Å². The summed E-state index contributed by atoms with van der Waals surface area (Å²) in [7, 11) is 0. The molecule has 0 radical (unpaired) electrons. The number of piperidine rings is 1. The smallest absolute Gasteiger partial charge is 0.410 e. The third-order valence-electron chi connectivity index (χ3n) is 4.75. The number of carboxylic acids is 1. The number of amides is 1. The molecule has 7 nitrogen and oxygen atoms in total. The van der Waals surface area contributed by atoms with Gasteiger partial charge in [0.15, 0.2) is 0 Å². The fourth-order valence-corrected chi connectivity index (χ4v) is 3.40. The van der Waals surface area contributed by atoms with Crippen LogP contribution < -0.4 is 0 Å². The van der Waals surface area contributed by atoms with Crippen molar-refractivity contribution in [3.8, 4) is 11.3 Å². The second-order valence-corrected chi connectivity index (χ2v) is 8.39. The van der Waals surface area contributed by atoms with Crippen LogP contribution in [0, 0.1) is 0 Å². The van der Waals surface area contributed by atoms with Crippen LogP contribution in [0.25, 0.3) is 17.3 Å². The summed E-state index contributed by atoms with van der Waals surface area (Å²) in [6, 6.07) is 7.48. The van der Waals surface area contributed by atoms with Crippen LogP contribution in [-0.2, 0) is 9.53 Å². The third kappa shape index (κ3) is 5.89. The maximum absolute atomic E-state index is 12.4. The maximum atomic E-state index is 12.4. The van der Waals surface area contributed by atoms with E-state index in [9.17, 15) is 9.59 Å².